The van der Waals surface area contributed by atoms with E-state index in [-0.39, 0.29) is 4.90 Å². The van der Waals surface area contributed by atoms with Crippen molar-refractivity contribution in [3.05, 3.63) is 53.3 Å². The molecule has 0 N–H and O–H groups in total. The van der Waals surface area contributed by atoms with Crippen molar-refractivity contribution in [3.8, 4) is 5.75 Å². The first-order valence-corrected chi connectivity index (χ1v) is 9.93. The highest BCUT2D eigenvalue weighted by molar-refractivity contribution is 7.90. The van der Waals surface area contributed by atoms with E-state index in [1.807, 2.05) is 36.6 Å². The van der Waals surface area contributed by atoms with Crippen molar-refractivity contribution >= 4 is 31.6 Å². The Morgan fingerprint density at radius 1 is 1.12 bits per heavy atom. The van der Waals surface area contributed by atoms with E-state index >= 15 is 0 Å². The molecule has 3 aromatic rings. The maximum atomic E-state index is 12.5. The van der Waals surface area contributed by atoms with Gasteiger partial charge in [-0.15, -0.1) is 4.40 Å². The second-order valence-corrected chi connectivity index (χ2v) is 7.68. The van der Waals surface area contributed by atoms with Crippen LogP contribution in [-0.2, 0) is 16.6 Å². The first-order chi connectivity index (χ1) is 11.5. The molecule has 0 fully saturated rings. The van der Waals surface area contributed by atoms with E-state index in [9.17, 15) is 8.42 Å². The maximum absolute atomic E-state index is 12.5. The Balaban J connectivity index is 2.18. The highest BCUT2D eigenvalue weighted by atomic mass is 32.2. The van der Waals surface area contributed by atoms with E-state index in [0.717, 1.165) is 16.0 Å². The molecule has 0 bridgehead atoms. The molecular formula is C17H18N2O3S2. The normalized spacial score (nSPS) is 12.7. The molecule has 5 nitrogen and oxygen atoms in total. The molecule has 0 spiro atoms. The van der Waals surface area contributed by atoms with Crippen molar-refractivity contribution < 1.29 is 13.2 Å². The quantitative estimate of drug-likeness (QED) is 0.699. The molecule has 0 atom stereocenters. The van der Waals surface area contributed by atoms with Crippen molar-refractivity contribution in [2.45, 2.75) is 25.3 Å². The molecule has 0 aliphatic heterocycles. The van der Waals surface area contributed by atoms with Crippen LogP contribution in [0.2, 0.25) is 0 Å². The maximum Gasteiger partial charge on any atom is 0.285 e. The molecule has 3 rings (SSSR count). The van der Waals surface area contributed by atoms with Gasteiger partial charge in [0.25, 0.3) is 10.0 Å². The van der Waals surface area contributed by atoms with Gasteiger partial charge in [-0.25, -0.2) is 0 Å². The molecule has 0 unspecified atom stereocenters. The number of aromatic nitrogens is 1. The molecule has 0 amide bonds. The van der Waals surface area contributed by atoms with Gasteiger partial charge in [-0.2, -0.15) is 8.42 Å². The molecule has 0 radical (unpaired) electrons. The lowest BCUT2D eigenvalue weighted by atomic mass is 10.3. The highest BCUT2D eigenvalue weighted by Crippen LogP contribution is 2.24. The fourth-order valence-electron chi connectivity index (χ4n) is 2.43. The summed E-state index contributed by atoms with van der Waals surface area (Å²) in [5.74, 6) is 0.770. The van der Waals surface area contributed by atoms with Crippen LogP contribution in [0.1, 0.15) is 13.8 Å². The Morgan fingerprint density at radius 3 is 2.54 bits per heavy atom. The van der Waals surface area contributed by atoms with Crippen LogP contribution in [0.5, 0.6) is 5.75 Å². The molecule has 1 aromatic heterocycles. The summed E-state index contributed by atoms with van der Waals surface area (Å²) in [5.41, 5.74) is 0.952. The van der Waals surface area contributed by atoms with E-state index in [1.54, 1.807) is 30.3 Å². The number of thiazole rings is 1. The lowest BCUT2D eigenvalue weighted by molar-refractivity contribution is 0.341. The van der Waals surface area contributed by atoms with Gasteiger partial charge in [0.1, 0.15) is 5.75 Å². The second kappa shape index (κ2) is 6.78. The zero-order chi connectivity index (χ0) is 17.2. The van der Waals surface area contributed by atoms with Gasteiger partial charge in [0.2, 0.25) is 4.80 Å². The number of hydrogen-bond donors (Lipinski definition) is 0. The Labute approximate surface area is 144 Å². The van der Waals surface area contributed by atoms with Crippen molar-refractivity contribution in [1.82, 2.24) is 4.57 Å². The van der Waals surface area contributed by atoms with Crippen LogP contribution < -0.4 is 9.54 Å². The second-order valence-electron chi connectivity index (χ2n) is 5.07. The minimum atomic E-state index is -3.73. The number of benzene rings is 2. The largest absolute Gasteiger partial charge is 0.494 e. The third-order valence-electron chi connectivity index (χ3n) is 3.52. The smallest absolute Gasteiger partial charge is 0.285 e. The van der Waals surface area contributed by atoms with Crippen LogP contribution in [0.4, 0.5) is 0 Å². The first-order valence-electron chi connectivity index (χ1n) is 7.67. The number of rotatable bonds is 5. The zero-order valence-electron chi connectivity index (χ0n) is 13.5. The number of aryl methyl sites for hydroxylation is 1. The summed E-state index contributed by atoms with van der Waals surface area (Å²) in [6, 6.07) is 14.0. The average Bonchev–Trinajstić information content (AvgIpc) is 2.91. The fraction of sp³-hybridized carbons (Fsp3) is 0.235. The Kier molecular flexibility index (Phi) is 4.73. The van der Waals surface area contributed by atoms with Crippen molar-refractivity contribution in [3.63, 3.8) is 0 Å². The lowest BCUT2D eigenvalue weighted by Crippen LogP contribution is -2.16. The summed E-state index contributed by atoms with van der Waals surface area (Å²) >= 11 is 1.35. The van der Waals surface area contributed by atoms with E-state index in [0.29, 0.717) is 18.0 Å². The summed E-state index contributed by atoms with van der Waals surface area (Å²) < 4.78 is 37.5. The summed E-state index contributed by atoms with van der Waals surface area (Å²) in [6.07, 6.45) is 0. The topological polar surface area (TPSA) is 60.7 Å². The Bertz CT molecular complexity index is 1020. The van der Waals surface area contributed by atoms with E-state index in [4.69, 9.17) is 4.74 Å². The van der Waals surface area contributed by atoms with E-state index < -0.39 is 10.0 Å². The molecule has 24 heavy (non-hydrogen) atoms. The van der Waals surface area contributed by atoms with Crippen LogP contribution in [0.15, 0.2) is 57.8 Å². The van der Waals surface area contributed by atoms with Crippen LogP contribution in [0, 0.1) is 0 Å². The van der Waals surface area contributed by atoms with Gasteiger partial charge in [-0.05, 0) is 44.2 Å². The van der Waals surface area contributed by atoms with Crippen LogP contribution in [0.3, 0.4) is 0 Å². The summed E-state index contributed by atoms with van der Waals surface area (Å²) in [6.45, 7) is 5.12. The number of nitrogens with zero attached hydrogens (tertiary/aromatic N) is 2. The molecule has 0 saturated carbocycles. The molecular weight excluding hydrogens is 344 g/mol. The molecule has 0 saturated heterocycles. The van der Waals surface area contributed by atoms with Gasteiger partial charge in [0.05, 0.1) is 21.7 Å². The van der Waals surface area contributed by atoms with Gasteiger partial charge in [-0.1, -0.05) is 29.5 Å². The molecule has 0 aliphatic rings. The minimum absolute atomic E-state index is 0.195. The Hall–Kier alpha value is -2.12. The average molecular weight is 362 g/mol. The van der Waals surface area contributed by atoms with Crippen LogP contribution in [-0.4, -0.2) is 19.6 Å². The standard InChI is InChI=1S/C17H18N2O3S2/c1-3-19-15-11-10-13(22-4-2)12-16(15)23-17(19)18-24(20,21)14-8-6-5-7-9-14/h5-12H,3-4H2,1-2H3/b18-17-. The molecule has 7 heteroatoms. The van der Waals surface area contributed by atoms with E-state index in [1.165, 1.54) is 11.3 Å². The van der Waals surface area contributed by atoms with Crippen molar-refractivity contribution in [1.29, 1.82) is 0 Å². The van der Waals surface area contributed by atoms with Crippen LogP contribution >= 0.6 is 11.3 Å². The van der Waals surface area contributed by atoms with Crippen LogP contribution in [0.25, 0.3) is 10.2 Å². The predicted molar refractivity (Wildman–Crippen MR) is 95.8 cm³/mol. The number of sulfonamides is 1. The number of fused-ring (bicyclic) bond motifs is 1. The number of ether oxygens (including phenoxy) is 1. The fourth-order valence-corrected chi connectivity index (χ4v) is 4.78. The predicted octanol–water partition coefficient (Wildman–Crippen LogP) is 3.41. The summed E-state index contributed by atoms with van der Waals surface area (Å²) in [4.78, 5) is 0.658. The lowest BCUT2D eigenvalue weighted by Gasteiger charge is -2.04. The van der Waals surface area contributed by atoms with Gasteiger partial charge in [0.15, 0.2) is 0 Å². The zero-order valence-corrected chi connectivity index (χ0v) is 15.1. The third kappa shape index (κ3) is 3.22. The summed E-state index contributed by atoms with van der Waals surface area (Å²) in [7, 11) is -3.73. The van der Waals surface area contributed by atoms with Gasteiger partial charge in [0, 0.05) is 6.54 Å². The SMILES string of the molecule is CCOc1ccc2c(c1)s/c(=N\S(=O)(=O)c1ccccc1)n2CC. The molecule has 126 valence electrons. The molecule has 1 heterocycles. The summed E-state index contributed by atoms with van der Waals surface area (Å²) in [5, 5.41) is 0. The monoisotopic (exact) mass is 362 g/mol. The molecule has 2 aromatic carbocycles. The van der Waals surface area contributed by atoms with Crippen molar-refractivity contribution in [2.24, 2.45) is 4.40 Å². The van der Waals surface area contributed by atoms with Gasteiger partial charge >= 0.3 is 0 Å². The van der Waals surface area contributed by atoms with Crippen molar-refractivity contribution in [2.75, 3.05) is 6.61 Å². The number of hydrogen-bond acceptors (Lipinski definition) is 4. The first kappa shape index (κ1) is 16.7. The van der Waals surface area contributed by atoms with Gasteiger partial charge in [-0.3, -0.25) is 0 Å². The van der Waals surface area contributed by atoms with E-state index in [2.05, 4.69) is 4.40 Å². The van der Waals surface area contributed by atoms with Gasteiger partial charge < -0.3 is 9.30 Å². The minimum Gasteiger partial charge on any atom is -0.494 e. The highest BCUT2D eigenvalue weighted by Gasteiger charge is 2.14. The third-order valence-corrected chi connectivity index (χ3v) is 5.96. The Morgan fingerprint density at radius 2 is 1.88 bits per heavy atom. The molecule has 0 aliphatic carbocycles.